The van der Waals surface area contributed by atoms with Gasteiger partial charge in [-0.1, -0.05) is 0 Å². The molecule has 0 radical (unpaired) electrons. The van der Waals surface area contributed by atoms with Crippen LogP contribution in [-0.4, -0.2) is 22.8 Å². The second kappa shape index (κ2) is 2.49. The lowest BCUT2D eigenvalue weighted by Gasteiger charge is -1.88. The van der Waals surface area contributed by atoms with E-state index in [9.17, 15) is 0 Å². The van der Waals surface area contributed by atoms with Gasteiger partial charge in [0, 0.05) is 6.42 Å². The summed E-state index contributed by atoms with van der Waals surface area (Å²) in [6, 6.07) is 0. The van der Waals surface area contributed by atoms with Gasteiger partial charge in [-0.05, 0) is 18.5 Å². The Morgan fingerprint density at radius 3 is 2.75 bits per heavy atom. The third-order valence-electron chi connectivity index (χ3n) is 1.54. The van der Waals surface area contributed by atoms with Crippen molar-refractivity contribution in [2.75, 3.05) is 13.1 Å². The van der Waals surface area contributed by atoms with Crippen molar-refractivity contribution in [2.24, 2.45) is 0 Å². The van der Waals surface area contributed by atoms with Gasteiger partial charge in [-0.15, -0.1) is 0 Å². The van der Waals surface area contributed by atoms with Crippen molar-refractivity contribution in [1.82, 2.24) is 0 Å². The van der Waals surface area contributed by atoms with E-state index in [0.717, 1.165) is 24.7 Å². The van der Waals surface area contributed by atoms with Gasteiger partial charge in [0.25, 0.3) is 0 Å². The van der Waals surface area contributed by atoms with E-state index in [1.165, 1.54) is 6.42 Å². The van der Waals surface area contributed by atoms with Crippen LogP contribution in [0.25, 0.3) is 0 Å². The third-order valence-corrected chi connectivity index (χ3v) is 1.96. The third kappa shape index (κ3) is 1.03. The maximum atomic E-state index is 5.82. The topological polar surface area (TPSA) is 3.01 Å². The van der Waals surface area contributed by atoms with Crippen LogP contribution in [0.5, 0.6) is 0 Å². The van der Waals surface area contributed by atoms with Crippen molar-refractivity contribution >= 4 is 16.8 Å². The summed E-state index contributed by atoms with van der Waals surface area (Å²) >= 11 is 5.82. The molecule has 0 N–H and O–H groups in total. The number of hydrogen-bond acceptors (Lipinski definition) is 0. The van der Waals surface area contributed by atoms with E-state index < -0.39 is 0 Å². The van der Waals surface area contributed by atoms with Crippen LogP contribution in [0.4, 0.5) is 0 Å². The lowest BCUT2D eigenvalue weighted by atomic mass is 10.4. The van der Waals surface area contributed by atoms with Crippen molar-refractivity contribution < 1.29 is 4.58 Å². The fourth-order valence-electron chi connectivity index (χ4n) is 1.02. The molecule has 8 heavy (non-hydrogen) atoms. The van der Waals surface area contributed by atoms with E-state index in [1.54, 1.807) is 0 Å². The van der Waals surface area contributed by atoms with Gasteiger partial charge in [-0.3, -0.25) is 0 Å². The van der Waals surface area contributed by atoms with Crippen molar-refractivity contribution in [3.63, 3.8) is 0 Å². The molecule has 0 saturated carbocycles. The van der Waals surface area contributed by atoms with Crippen LogP contribution in [-0.2, 0) is 0 Å². The second-order valence-electron chi connectivity index (χ2n) is 2.06. The monoisotopic (exact) mass is 132 g/mol. The summed E-state index contributed by atoms with van der Waals surface area (Å²) in [5.41, 5.74) is 0. The zero-order valence-corrected chi connectivity index (χ0v) is 5.91. The van der Waals surface area contributed by atoms with Crippen LogP contribution in [0.3, 0.4) is 0 Å². The highest BCUT2D eigenvalue weighted by Crippen LogP contribution is 2.06. The molecule has 1 heterocycles. The predicted octanol–water partition coefficient (Wildman–Crippen LogP) is 1.45. The van der Waals surface area contributed by atoms with Crippen LogP contribution in [0.15, 0.2) is 0 Å². The van der Waals surface area contributed by atoms with Gasteiger partial charge in [0.05, 0.1) is 6.42 Å². The molecule has 1 aliphatic heterocycles. The number of rotatable bonds is 1. The van der Waals surface area contributed by atoms with Crippen molar-refractivity contribution in [1.29, 1.82) is 0 Å². The van der Waals surface area contributed by atoms with Crippen molar-refractivity contribution in [3.05, 3.63) is 0 Å². The Morgan fingerprint density at radius 2 is 2.50 bits per heavy atom. The normalized spacial score (nSPS) is 20.2. The molecule has 1 aliphatic rings. The standard InChI is InChI=1S/C6H11ClN/c1-2-8-5-3-4-6(8)7/h2-5H2,1H3/q+1. The molecule has 0 aromatic rings. The van der Waals surface area contributed by atoms with Gasteiger partial charge in [-0.2, -0.15) is 0 Å². The Labute approximate surface area is 55.0 Å². The van der Waals surface area contributed by atoms with Crippen molar-refractivity contribution in [2.45, 2.75) is 19.8 Å². The Balaban J connectivity index is 2.58. The molecule has 0 fully saturated rings. The Bertz CT molecular complexity index is 118. The minimum absolute atomic E-state index is 1.05. The summed E-state index contributed by atoms with van der Waals surface area (Å²) in [5.74, 6) is 0. The van der Waals surface area contributed by atoms with Crippen LogP contribution in [0, 0.1) is 0 Å². The summed E-state index contributed by atoms with van der Waals surface area (Å²) in [5, 5.41) is 1.05. The van der Waals surface area contributed by atoms with Gasteiger partial charge >= 0.3 is 0 Å². The Hall–Kier alpha value is -0.0400. The average Bonchev–Trinajstić information content (AvgIpc) is 2.14. The van der Waals surface area contributed by atoms with Crippen LogP contribution in [0.1, 0.15) is 19.8 Å². The quantitative estimate of drug-likeness (QED) is 0.475. The highest BCUT2D eigenvalue weighted by atomic mass is 35.5. The summed E-state index contributed by atoms with van der Waals surface area (Å²) in [7, 11) is 0. The number of nitrogens with zero attached hydrogens (tertiary/aromatic N) is 1. The van der Waals surface area contributed by atoms with Crippen LogP contribution < -0.4 is 0 Å². The van der Waals surface area contributed by atoms with E-state index >= 15 is 0 Å². The van der Waals surface area contributed by atoms with Crippen molar-refractivity contribution in [3.8, 4) is 0 Å². The van der Waals surface area contributed by atoms with E-state index in [1.807, 2.05) is 0 Å². The highest BCUT2D eigenvalue weighted by molar-refractivity contribution is 6.64. The Morgan fingerprint density at radius 1 is 1.75 bits per heavy atom. The molecule has 1 nitrogen and oxygen atoms in total. The van der Waals surface area contributed by atoms with Gasteiger partial charge in [0.2, 0.25) is 5.17 Å². The van der Waals surface area contributed by atoms with Gasteiger partial charge in [-0.25, -0.2) is 4.58 Å². The average molecular weight is 133 g/mol. The maximum absolute atomic E-state index is 5.82. The zero-order chi connectivity index (χ0) is 5.98. The fourth-order valence-corrected chi connectivity index (χ4v) is 1.36. The molecule has 46 valence electrons. The maximum Gasteiger partial charge on any atom is 0.245 e. The molecular weight excluding hydrogens is 122 g/mol. The van der Waals surface area contributed by atoms with E-state index in [-0.39, 0.29) is 0 Å². The molecule has 0 bridgehead atoms. The first-order chi connectivity index (χ1) is 3.84. The lowest BCUT2D eigenvalue weighted by molar-refractivity contribution is -0.514. The van der Waals surface area contributed by atoms with Gasteiger partial charge in [0.1, 0.15) is 13.1 Å². The number of hydrogen-bond donors (Lipinski definition) is 0. The highest BCUT2D eigenvalue weighted by Gasteiger charge is 2.17. The molecule has 0 spiro atoms. The molecule has 0 aromatic carbocycles. The largest absolute Gasteiger partial charge is 0.245 e. The van der Waals surface area contributed by atoms with Gasteiger partial charge < -0.3 is 0 Å². The lowest BCUT2D eigenvalue weighted by Crippen LogP contribution is -2.10. The number of halogens is 1. The van der Waals surface area contributed by atoms with Crippen LogP contribution >= 0.6 is 11.6 Å². The first-order valence-corrected chi connectivity index (χ1v) is 3.48. The van der Waals surface area contributed by atoms with E-state index in [4.69, 9.17) is 11.6 Å². The van der Waals surface area contributed by atoms with E-state index in [0.29, 0.717) is 0 Å². The molecule has 0 aromatic heterocycles. The summed E-state index contributed by atoms with van der Waals surface area (Å²) < 4.78 is 2.21. The first-order valence-electron chi connectivity index (χ1n) is 3.11. The van der Waals surface area contributed by atoms with E-state index in [2.05, 4.69) is 11.5 Å². The molecule has 2 heteroatoms. The molecule has 0 amide bonds. The summed E-state index contributed by atoms with van der Waals surface area (Å²) in [6.45, 7) is 4.36. The summed E-state index contributed by atoms with van der Waals surface area (Å²) in [6.07, 6.45) is 2.34. The molecule has 0 saturated heterocycles. The van der Waals surface area contributed by atoms with Gasteiger partial charge in [0.15, 0.2) is 0 Å². The minimum Gasteiger partial charge on any atom is -0.224 e. The minimum atomic E-state index is 1.05. The molecule has 0 atom stereocenters. The zero-order valence-electron chi connectivity index (χ0n) is 5.15. The summed E-state index contributed by atoms with van der Waals surface area (Å²) in [4.78, 5) is 0. The molecular formula is C6H11ClN+. The fraction of sp³-hybridized carbons (Fsp3) is 0.833. The van der Waals surface area contributed by atoms with Crippen LogP contribution in [0.2, 0.25) is 0 Å². The first kappa shape index (κ1) is 6.09. The second-order valence-corrected chi connectivity index (χ2v) is 2.50. The smallest absolute Gasteiger partial charge is 0.224 e. The molecule has 0 unspecified atom stereocenters. The molecule has 1 rings (SSSR count). The molecule has 0 aliphatic carbocycles. The SMILES string of the molecule is CC[N+]1=C(Cl)CCC1. The predicted molar refractivity (Wildman–Crippen MR) is 35.8 cm³/mol. The Kier molecular flexibility index (Phi) is 1.90.